The van der Waals surface area contributed by atoms with E-state index in [0.717, 1.165) is 64.8 Å². The van der Waals surface area contributed by atoms with Gasteiger partial charge in [0.15, 0.2) is 5.65 Å². The van der Waals surface area contributed by atoms with Crippen molar-refractivity contribution in [3.05, 3.63) is 58.5 Å². The van der Waals surface area contributed by atoms with E-state index in [2.05, 4.69) is 38.6 Å². The Hall–Kier alpha value is -3.91. The van der Waals surface area contributed by atoms with E-state index in [0.29, 0.717) is 16.7 Å². The Kier molecular flexibility index (Phi) is 4.38. The van der Waals surface area contributed by atoms with Crippen LogP contribution in [0.4, 0.5) is 5.69 Å². The lowest BCUT2D eigenvalue weighted by atomic mass is 9.98. The van der Waals surface area contributed by atoms with Gasteiger partial charge in [-0.2, -0.15) is 5.10 Å². The summed E-state index contributed by atoms with van der Waals surface area (Å²) in [5.41, 5.74) is 4.69. The molecule has 0 unspecified atom stereocenters. The number of benzene rings is 2. The van der Waals surface area contributed by atoms with Crippen LogP contribution < -0.4 is 15.8 Å². The molecule has 0 saturated carbocycles. The largest absolute Gasteiger partial charge is 0.508 e. The molecule has 1 aliphatic rings. The fourth-order valence-electron chi connectivity index (χ4n) is 4.92. The van der Waals surface area contributed by atoms with Gasteiger partial charge < -0.3 is 19.9 Å². The Morgan fingerprint density at radius 2 is 1.76 bits per heavy atom. The van der Waals surface area contributed by atoms with Crippen molar-refractivity contribution in [3.63, 3.8) is 0 Å². The molecule has 3 aromatic heterocycles. The maximum atomic E-state index is 13.8. The van der Waals surface area contributed by atoms with Gasteiger partial charge in [-0.3, -0.25) is 9.89 Å². The quantitative estimate of drug-likeness (QED) is 0.365. The number of aromatic nitrogens is 4. The first-order chi connectivity index (χ1) is 16.0. The third kappa shape index (κ3) is 2.98. The van der Waals surface area contributed by atoms with E-state index in [1.54, 1.807) is 28.8 Å². The zero-order chi connectivity index (χ0) is 22.7. The molecule has 4 heterocycles. The predicted octanol–water partition coefficient (Wildman–Crippen LogP) is 3.05. The standard InChI is InChI=1S/C25H24N6O2/c1-14-20-21-18-8-5-16(31-11-9-26-10-12-31)13-19(18)30(2)25(33)22(21)23(27-24(20)29-28-14)15-3-6-17(32)7-4-15/h3-8,13,26,32H,9-12H2,1-2H3,(H,27,28,29). The van der Waals surface area contributed by atoms with Crippen molar-refractivity contribution >= 4 is 38.4 Å². The van der Waals surface area contributed by atoms with E-state index in [4.69, 9.17) is 4.98 Å². The molecule has 1 aliphatic heterocycles. The Balaban J connectivity index is 1.74. The first-order valence-corrected chi connectivity index (χ1v) is 11.1. The minimum Gasteiger partial charge on any atom is -0.508 e. The van der Waals surface area contributed by atoms with E-state index >= 15 is 0 Å². The van der Waals surface area contributed by atoms with Gasteiger partial charge in [0.2, 0.25) is 0 Å². The molecule has 1 fully saturated rings. The van der Waals surface area contributed by atoms with E-state index in [1.807, 2.05) is 14.0 Å². The van der Waals surface area contributed by atoms with Gasteiger partial charge in [0.1, 0.15) is 5.75 Å². The van der Waals surface area contributed by atoms with Crippen LogP contribution in [0, 0.1) is 6.92 Å². The lowest BCUT2D eigenvalue weighted by Gasteiger charge is -2.29. The van der Waals surface area contributed by atoms with Crippen LogP contribution in [-0.2, 0) is 7.05 Å². The number of aromatic hydroxyl groups is 1. The summed E-state index contributed by atoms with van der Waals surface area (Å²) >= 11 is 0. The van der Waals surface area contributed by atoms with Crippen molar-refractivity contribution in [1.29, 1.82) is 0 Å². The number of hydrogen-bond donors (Lipinski definition) is 3. The van der Waals surface area contributed by atoms with Crippen molar-refractivity contribution in [2.75, 3.05) is 31.1 Å². The zero-order valence-electron chi connectivity index (χ0n) is 18.5. The van der Waals surface area contributed by atoms with Gasteiger partial charge in [0.25, 0.3) is 5.56 Å². The van der Waals surface area contributed by atoms with Gasteiger partial charge in [-0.1, -0.05) is 6.07 Å². The molecule has 8 nitrogen and oxygen atoms in total. The van der Waals surface area contributed by atoms with Crippen LogP contribution in [0.15, 0.2) is 47.3 Å². The smallest absolute Gasteiger partial charge is 0.260 e. The molecular formula is C25H24N6O2. The van der Waals surface area contributed by atoms with Crippen molar-refractivity contribution < 1.29 is 5.11 Å². The maximum absolute atomic E-state index is 13.8. The predicted molar refractivity (Wildman–Crippen MR) is 131 cm³/mol. The number of aryl methyl sites for hydroxylation is 2. The highest BCUT2D eigenvalue weighted by Gasteiger charge is 2.21. The summed E-state index contributed by atoms with van der Waals surface area (Å²) in [6, 6.07) is 13.1. The molecule has 0 atom stereocenters. The maximum Gasteiger partial charge on any atom is 0.260 e. The van der Waals surface area contributed by atoms with E-state index in [9.17, 15) is 9.90 Å². The minimum atomic E-state index is -0.104. The molecule has 5 aromatic rings. The summed E-state index contributed by atoms with van der Waals surface area (Å²) < 4.78 is 1.72. The second-order valence-corrected chi connectivity index (χ2v) is 8.59. The molecule has 33 heavy (non-hydrogen) atoms. The Labute approximate surface area is 189 Å². The van der Waals surface area contributed by atoms with Gasteiger partial charge >= 0.3 is 0 Å². The van der Waals surface area contributed by atoms with E-state index < -0.39 is 0 Å². The van der Waals surface area contributed by atoms with Crippen molar-refractivity contribution in [1.82, 2.24) is 25.1 Å². The summed E-state index contributed by atoms with van der Waals surface area (Å²) in [7, 11) is 1.82. The molecule has 166 valence electrons. The number of H-pyrrole nitrogens is 1. The second kappa shape index (κ2) is 7.31. The highest BCUT2D eigenvalue weighted by molar-refractivity contribution is 6.21. The lowest BCUT2D eigenvalue weighted by Crippen LogP contribution is -2.43. The number of hydrogen-bond acceptors (Lipinski definition) is 6. The highest BCUT2D eigenvalue weighted by atomic mass is 16.3. The normalized spacial score (nSPS) is 14.5. The van der Waals surface area contributed by atoms with E-state index in [-0.39, 0.29) is 11.3 Å². The molecule has 0 spiro atoms. The molecule has 0 radical (unpaired) electrons. The fourth-order valence-corrected chi connectivity index (χ4v) is 4.92. The number of pyridine rings is 2. The number of anilines is 1. The Morgan fingerprint density at radius 3 is 2.52 bits per heavy atom. The Bertz CT molecular complexity index is 1590. The minimum absolute atomic E-state index is 0.104. The molecule has 0 amide bonds. The van der Waals surface area contributed by atoms with Gasteiger partial charge in [-0.25, -0.2) is 4.98 Å². The molecule has 0 bridgehead atoms. The van der Waals surface area contributed by atoms with Crippen LogP contribution >= 0.6 is 0 Å². The Morgan fingerprint density at radius 1 is 1.00 bits per heavy atom. The fraction of sp³-hybridized carbons (Fsp3) is 0.240. The molecule has 8 heteroatoms. The summed E-state index contributed by atoms with van der Waals surface area (Å²) in [6.07, 6.45) is 0. The van der Waals surface area contributed by atoms with Crippen LogP contribution in [0.3, 0.4) is 0 Å². The number of aromatic amines is 1. The zero-order valence-corrected chi connectivity index (χ0v) is 18.5. The van der Waals surface area contributed by atoms with Crippen LogP contribution in [0.2, 0.25) is 0 Å². The topological polar surface area (TPSA) is 99.1 Å². The molecule has 3 N–H and O–H groups in total. The summed E-state index contributed by atoms with van der Waals surface area (Å²) in [4.78, 5) is 20.9. The first kappa shape index (κ1) is 19.8. The number of nitrogens with zero attached hydrogens (tertiary/aromatic N) is 4. The van der Waals surface area contributed by atoms with Crippen LogP contribution in [0.1, 0.15) is 5.69 Å². The molecular weight excluding hydrogens is 416 g/mol. The average molecular weight is 441 g/mol. The summed E-state index contributed by atoms with van der Waals surface area (Å²) in [6.45, 7) is 5.70. The van der Waals surface area contributed by atoms with Gasteiger partial charge in [-0.15, -0.1) is 0 Å². The highest BCUT2D eigenvalue weighted by Crippen LogP contribution is 2.36. The van der Waals surface area contributed by atoms with Gasteiger partial charge in [-0.05, 0) is 43.3 Å². The van der Waals surface area contributed by atoms with Gasteiger partial charge in [0, 0.05) is 55.2 Å². The number of phenolic OH excluding ortho intramolecular Hbond substituents is 1. The molecule has 1 saturated heterocycles. The first-order valence-electron chi connectivity index (χ1n) is 11.1. The van der Waals surface area contributed by atoms with Crippen molar-refractivity contribution in [2.24, 2.45) is 7.05 Å². The van der Waals surface area contributed by atoms with Crippen molar-refractivity contribution in [3.8, 4) is 17.0 Å². The summed E-state index contributed by atoms with van der Waals surface area (Å²) in [5.74, 6) is 0.167. The number of piperazine rings is 1. The summed E-state index contributed by atoms with van der Waals surface area (Å²) in [5, 5.41) is 23.8. The van der Waals surface area contributed by atoms with Crippen LogP contribution in [0.25, 0.3) is 44.0 Å². The average Bonchev–Trinajstić information content (AvgIpc) is 3.22. The SMILES string of the molecule is Cc1n[nH]c2nc(-c3ccc(O)cc3)c3c(=O)n(C)c4cc(N5CCNCC5)ccc4c3c12. The van der Waals surface area contributed by atoms with E-state index in [1.165, 1.54) is 0 Å². The van der Waals surface area contributed by atoms with Crippen LogP contribution in [0.5, 0.6) is 5.75 Å². The third-order valence-corrected chi connectivity index (χ3v) is 6.64. The van der Waals surface area contributed by atoms with Gasteiger partial charge in [0.05, 0.1) is 27.7 Å². The number of fused-ring (bicyclic) bond motifs is 5. The van der Waals surface area contributed by atoms with Crippen LogP contribution in [-0.4, -0.2) is 51.0 Å². The number of rotatable bonds is 2. The monoisotopic (exact) mass is 440 g/mol. The second-order valence-electron chi connectivity index (χ2n) is 8.59. The number of phenols is 1. The molecule has 2 aromatic carbocycles. The third-order valence-electron chi connectivity index (χ3n) is 6.64. The molecule has 0 aliphatic carbocycles. The molecule has 6 rings (SSSR count). The van der Waals surface area contributed by atoms with Crippen molar-refractivity contribution in [2.45, 2.75) is 6.92 Å². The lowest BCUT2D eigenvalue weighted by molar-refractivity contribution is 0.475. The number of nitrogens with one attached hydrogen (secondary N) is 2.